The normalized spacial score (nSPS) is 9.54. The van der Waals surface area contributed by atoms with Crippen molar-refractivity contribution >= 4 is 0 Å². The molecule has 0 bridgehead atoms. The summed E-state index contributed by atoms with van der Waals surface area (Å²) in [4.78, 5) is 0. The van der Waals surface area contributed by atoms with E-state index >= 15 is 0 Å². The van der Waals surface area contributed by atoms with E-state index < -0.39 is 0 Å². The molecule has 0 spiro atoms. The van der Waals surface area contributed by atoms with Crippen LogP contribution in [0.3, 0.4) is 0 Å². The zero-order valence-corrected chi connectivity index (χ0v) is 18.9. The van der Waals surface area contributed by atoms with Gasteiger partial charge in [0.05, 0.1) is 0 Å². The molecular weight excluding hydrogens is 509 g/mol. The first-order chi connectivity index (χ1) is 13.3. The fourth-order valence-corrected chi connectivity index (χ4v) is 2.40. The van der Waals surface area contributed by atoms with Crippen molar-refractivity contribution in [3.63, 3.8) is 0 Å². The predicted molar refractivity (Wildman–Crippen MR) is 113 cm³/mol. The van der Waals surface area contributed by atoms with Gasteiger partial charge in [0.1, 0.15) is 0 Å². The monoisotopic (exact) mass is 543 g/mol. The molecule has 0 heterocycles. The smallest absolute Gasteiger partial charge is 0.384 e. The van der Waals surface area contributed by atoms with E-state index in [0.29, 0.717) is 0 Å². The summed E-state index contributed by atoms with van der Waals surface area (Å²) < 4.78 is 14.7. The third kappa shape index (κ3) is 14.4. The summed E-state index contributed by atoms with van der Waals surface area (Å²) >= 11 is 0. The van der Waals surface area contributed by atoms with Crippen LogP contribution in [-0.4, -0.2) is 41.2 Å². The van der Waals surface area contributed by atoms with Crippen LogP contribution in [0.5, 0.6) is 0 Å². The molecule has 161 valence electrons. The molecule has 28 heavy (non-hydrogen) atoms. The average Bonchev–Trinajstić information content (AvgIpc) is 3.47. The first-order valence-electron chi connectivity index (χ1n) is 9.38. The molecule has 1 radical (unpaired) electrons. The van der Waals surface area contributed by atoms with Crippen molar-refractivity contribution in [2.75, 3.05) is 41.2 Å². The summed E-state index contributed by atoms with van der Waals surface area (Å²) in [7, 11) is 5.18. The molecule has 3 aromatic rings. The first-order valence-corrected chi connectivity index (χ1v) is 9.38. The van der Waals surface area contributed by atoms with Gasteiger partial charge in [-0.05, 0) is 19.3 Å². The maximum atomic E-state index is 4.92. The van der Waals surface area contributed by atoms with Crippen LogP contribution in [0, 0.1) is 46.9 Å². The summed E-state index contributed by atoms with van der Waals surface area (Å²) in [5.41, 5.74) is 4.07. The molecule has 0 aromatic heterocycles. The molecular formula is C24H33O3Yb. The zero-order valence-electron chi connectivity index (χ0n) is 17.2. The second-order valence-corrected chi connectivity index (χ2v) is 6.11. The number of hydrogen-bond donors (Lipinski definition) is 0. The van der Waals surface area contributed by atoms with Gasteiger partial charge in [0, 0.05) is 41.2 Å². The van der Waals surface area contributed by atoms with Crippen LogP contribution in [0.15, 0.2) is 72.8 Å². The molecule has 4 heteroatoms. The second kappa shape index (κ2) is 19.8. The van der Waals surface area contributed by atoms with Crippen LogP contribution in [-0.2, 0) is 33.5 Å². The Labute approximate surface area is 209 Å². The van der Waals surface area contributed by atoms with Crippen LogP contribution in [0.1, 0.15) is 16.7 Å². The van der Waals surface area contributed by atoms with E-state index in [1.807, 2.05) is 36.4 Å². The van der Waals surface area contributed by atoms with Crippen molar-refractivity contribution in [3.8, 4) is 0 Å². The van der Waals surface area contributed by atoms with Gasteiger partial charge in [-0.1, -0.05) is 0 Å². The fraction of sp³-hybridized carbons (Fsp3) is 0.375. The molecule has 3 rings (SSSR count). The molecule has 0 aliphatic carbocycles. The molecule has 0 aliphatic heterocycles. The predicted octanol–water partition coefficient (Wildman–Crippen LogP) is 4.78. The molecule has 0 amide bonds. The minimum Gasteiger partial charge on any atom is -0.384 e. The molecule has 0 aliphatic rings. The second-order valence-electron chi connectivity index (χ2n) is 6.11. The quantitative estimate of drug-likeness (QED) is 0.365. The topological polar surface area (TPSA) is 27.7 Å². The minimum atomic E-state index is 0. The molecule has 3 nitrogen and oxygen atoms in total. The summed E-state index contributed by atoms with van der Waals surface area (Å²) in [6.07, 6.45) is 3.09. The van der Waals surface area contributed by atoms with Gasteiger partial charge in [0.25, 0.3) is 0 Å². The Morgan fingerprint density at radius 3 is 1.04 bits per heavy atom. The van der Waals surface area contributed by atoms with E-state index in [4.69, 9.17) is 14.2 Å². The Morgan fingerprint density at radius 1 is 0.571 bits per heavy atom. The maximum absolute atomic E-state index is 4.92. The van der Waals surface area contributed by atoms with Gasteiger partial charge in [0.15, 0.2) is 0 Å². The average molecular weight is 543 g/mol. The molecule has 0 N–H and O–H groups in total. The van der Waals surface area contributed by atoms with Crippen LogP contribution < -0.4 is 0 Å². The summed E-state index contributed by atoms with van der Waals surface area (Å²) in [5, 5.41) is 0. The Hall–Kier alpha value is -0.551. The van der Waals surface area contributed by atoms with Crippen LogP contribution in [0.4, 0.5) is 0 Å². The number of hydrogen-bond acceptors (Lipinski definition) is 3. The maximum Gasteiger partial charge on any atom is 3.00 e. The van der Waals surface area contributed by atoms with Gasteiger partial charge < -0.3 is 14.2 Å². The fourth-order valence-electron chi connectivity index (χ4n) is 2.40. The van der Waals surface area contributed by atoms with E-state index in [1.165, 1.54) is 16.7 Å². The van der Waals surface area contributed by atoms with Gasteiger partial charge in [-0.2, -0.15) is 53.1 Å². The molecule has 0 atom stereocenters. The molecule has 0 saturated carbocycles. The molecule has 0 saturated heterocycles. The SMILES string of the molecule is COCCc1ccc[cH-]1.COCCc1ccc[cH-]1.COCCc1ccc[cH-]1.[Yb+3]. The third-order valence-electron chi connectivity index (χ3n) is 3.98. The van der Waals surface area contributed by atoms with E-state index in [-0.39, 0.29) is 46.9 Å². The van der Waals surface area contributed by atoms with Gasteiger partial charge in [-0.15, -0.1) is 0 Å². The van der Waals surface area contributed by atoms with Crippen molar-refractivity contribution in [2.45, 2.75) is 19.3 Å². The van der Waals surface area contributed by atoms with Crippen molar-refractivity contribution in [2.24, 2.45) is 0 Å². The van der Waals surface area contributed by atoms with E-state index in [9.17, 15) is 0 Å². The largest absolute Gasteiger partial charge is 3.00 e. The summed E-state index contributed by atoms with van der Waals surface area (Å²) in [6.45, 7) is 2.47. The molecule has 3 aromatic carbocycles. The van der Waals surface area contributed by atoms with Gasteiger partial charge in [0.2, 0.25) is 0 Å². The minimum absolute atomic E-state index is 0. The Bertz CT molecular complexity index is 522. The molecule has 0 fully saturated rings. The summed E-state index contributed by atoms with van der Waals surface area (Å²) in [5.74, 6) is 0. The zero-order chi connectivity index (χ0) is 19.6. The van der Waals surface area contributed by atoms with Crippen molar-refractivity contribution in [1.82, 2.24) is 0 Å². The van der Waals surface area contributed by atoms with Crippen molar-refractivity contribution in [1.29, 1.82) is 0 Å². The van der Waals surface area contributed by atoms with Crippen molar-refractivity contribution in [3.05, 3.63) is 89.5 Å². The van der Waals surface area contributed by atoms with Crippen molar-refractivity contribution < 1.29 is 61.1 Å². The first kappa shape index (κ1) is 27.4. The summed E-state index contributed by atoms with van der Waals surface area (Å²) in [6, 6.07) is 24.9. The van der Waals surface area contributed by atoms with Crippen LogP contribution in [0.2, 0.25) is 0 Å². The van der Waals surface area contributed by atoms with Gasteiger partial charge in [-0.25, -0.2) is 36.4 Å². The number of rotatable bonds is 9. The van der Waals surface area contributed by atoms with Crippen LogP contribution >= 0.6 is 0 Å². The number of ether oxygens (including phenoxy) is 3. The van der Waals surface area contributed by atoms with Gasteiger partial charge in [-0.3, -0.25) is 0 Å². The Morgan fingerprint density at radius 2 is 0.857 bits per heavy atom. The van der Waals surface area contributed by atoms with E-state index in [0.717, 1.165) is 39.1 Å². The molecule has 0 unspecified atom stereocenters. The standard InChI is InChI=1S/3C8H11O.Yb/c3*1-9-7-6-8-4-2-3-5-8;/h3*2-5H,6-7H2,1H3;/q3*-1;+3. The van der Waals surface area contributed by atoms with Crippen LogP contribution in [0.25, 0.3) is 0 Å². The Balaban J connectivity index is 0.000000384. The third-order valence-corrected chi connectivity index (χ3v) is 3.98. The Kier molecular flexibility index (Phi) is 19.4. The van der Waals surface area contributed by atoms with E-state index in [1.54, 1.807) is 21.3 Å². The van der Waals surface area contributed by atoms with E-state index in [2.05, 4.69) is 36.4 Å². The van der Waals surface area contributed by atoms with Gasteiger partial charge >= 0.3 is 46.9 Å². The number of methoxy groups -OCH3 is 3.